The number of alkyl halides is 1. The van der Waals surface area contributed by atoms with Gasteiger partial charge >= 0.3 is 0 Å². The zero-order valence-electron chi connectivity index (χ0n) is 6.89. The second-order valence-corrected chi connectivity index (χ2v) is 2.60. The minimum Gasteiger partial charge on any atom is -0.474 e. The molecule has 0 aliphatic rings. The highest BCUT2D eigenvalue weighted by Gasteiger charge is 2.08. The van der Waals surface area contributed by atoms with Crippen LogP contribution in [0.15, 0.2) is 0 Å². The molecule has 62 valence electrons. The van der Waals surface area contributed by atoms with Crippen LogP contribution in [0.5, 0.6) is 5.75 Å². The molecule has 0 radical (unpaired) electrons. The average Bonchev–Trinajstić information content (AvgIpc) is 2.17. The first-order chi connectivity index (χ1) is 5.16. The van der Waals surface area contributed by atoms with E-state index in [2.05, 4.69) is 5.10 Å². The van der Waals surface area contributed by atoms with E-state index in [0.717, 1.165) is 17.1 Å². The van der Waals surface area contributed by atoms with E-state index in [0.29, 0.717) is 0 Å². The third-order valence-corrected chi connectivity index (χ3v) is 1.75. The van der Waals surface area contributed by atoms with Gasteiger partial charge in [0.1, 0.15) is 5.69 Å². The van der Waals surface area contributed by atoms with E-state index >= 15 is 0 Å². The molecule has 0 amide bonds. The maximum atomic E-state index is 5.43. The van der Waals surface area contributed by atoms with Crippen LogP contribution in [0, 0.1) is 13.8 Å². The molecular weight excluding hydrogens is 164 g/mol. The fraction of sp³-hybridized carbons (Fsp3) is 0.571. The van der Waals surface area contributed by atoms with Crippen LogP contribution >= 0.6 is 11.6 Å². The molecule has 0 spiro atoms. The Bertz CT molecular complexity index is 257. The van der Waals surface area contributed by atoms with Crippen LogP contribution in [0.25, 0.3) is 0 Å². The summed E-state index contributed by atoms with van der Waals surface area (Å²) in [6, 6.07) is 0.174. The molecule has 0 N–H and O–H groups in total. The van der Waals surface area contributed by atoms with E-state index in [4.69, 9.17) is 16.3 Å². The molecule has 0 saturated carbocycles. The lowest BCUT2D eigenvalue weighted by molar-refractivity contribution is 0.382. The van der Waals surface area contributed by atoms with Gasteiger partial charge in [0.2, 0.25) is 0 Å². The van der Waals surface area contributed by atoms with Crippen molar-refractivity contribution in [3.63, 3.8) is 0 Å². The number of ether oxygens (including phenoxy) is 1. The summed E-state index contributed by atoms with van der Waals surface area (Å²) < 4.78 is 6.95. The Morgan fingerprint density at radius 2 is 2.18 bits per heavy atom. The van der Waals surface area contributed by atoms with Gasteiger partial charge in [-0.25, -0.2) is 0 Å². The number of hydrogen-bond donors (Lipinski definition) is 0. The lowest BCUT2D eigenvalue weighted by Crippen LogP contribution is -1.94. The summed E-state index contributed by atoms with van der Waals surface area (Å²) in [4.78, 5) is 0. The second-order valence-electron chi connectivity index (χ2n) is 2.38. The molecule has 1 aromatic heterocycles. The van der Waals surface area contributed by atoms with Gasteiger partial charge in [0.25, 0.3) is 0 Å². The number of aromatic nitrogens is 2. The molecule has 1 aromatic rings. The Morgan fingerprint density at radius 3 is 2.55 bits per heavy atom. The highest BCUT2D eigenvalue weighted by atomic mass is 35.5. The number of aryl methyl sites for hydroxylation is 2. The summed E-state index contributed by atoms with van der Waals surface area (Å²) in [5.74, 6) is 0.794. The van der Waals surface area contributed by atoms with Gasteiger partial charge in [0, 0.05) is 7.05 Å². The minimum atomic E-state index is 0.174. The maximum Gasteiger partial charge on any atom is 0.164 e. The first kappa shape index (κ1) is 8.40. The minimum absolute atomic E-state index is 0.174. The first-order valence-corrected chi connectivity index (χ1v) is 3.89. The smallest absolute Gasteiger partial charge is 0.164 e. The molecule has 3 nitrogen and oxygen atoms in total. The Kier molecular flexibility index (Phi) is 2.39. The SMILES string of the molecule is Cc1nn(C)c(C)c1OCCl. The van der Waals surface area contributed by atoms with Crippen LogP contribution in [0.2, 0.25) is 0 Å². The van der Waals surface area contributed by atoms with E-state index in [9.17, 15) is 0 Å². The highest BCUT2D eigenvalue weighted by molar-refractivity contribution is 6.17. The van der Waals surface area contributed by atoms with Gasteiger partial charge in [-0.15, -0.1) is 0 Å². The quantitative estimate of drug-likeness (QED) is 0.637. The molecule has 4 heteroatoms. The fourth-order valence-corrected chi connectivity index (χ4v) is 1.13. The van der Waals surface area contributed by atoms with Gasteiger partial charge in [-0.1, -0.05) is 11.6 Å². The molecular formula is C7H11ClN2O. The standard InChI is InChI=1S/C7H11ClN2O/c1-5-7(11-4-8)6(2)10(3)9-5/h4H2,1-3H3. The Hall–Kier alpha value is -0.700. The molecule has 0 aliphatic carbocycles. The van der Waals surface area contributed by atoms with Gasteiger partial charge in [-0.3, -0.25) is 4.68 Å². The summed E-state index contributed by atoms with van der Waals surface area (Å²) >= 11 is 5.43. The van der Waals surface area contributed by atoms with Gasteiger partial charge < -0.3 is 4.74 Å². The van der Waals surface area contributed by atoms with Crippen LogP contribution in [-0.2, 0) is 7.05 Å². The maximum absolute atomic E-state index is 5.43. The zero-order chi connectivity index (χ0) is 8.43. The summed E-state index contributed by atoms with van der Waals surface area (Å²) in [6.45, 7) is 3.84. The molecule has 0 saturated heterocycles. The largest absolute Gasteiger partial charge is 0.474 e. The van der Waals surface area contributed by atoms with Crippen molar-refractivity contribution in [3.05, 3.63) is 11.4 Å². The second kappa shape index (κ2) is 3.13. The van der Waals surface area contributed by atoms with Crippen molar-refractivity contribution in [2.24, 2.45) is 7.05 Å². The molecule has 0 fully saturated rings. The molecule has 1 heterocycles. The Balaban J connectivity index is 3.02. The van der Waals surface area contributed by atoms with Crippen molar-refractivity contribution in [2.45, 2.75) is 13.8 Å². The average molecular weight is 175 g/mol. The van der Waals surface area contributed by atoms with Crippen molar-refractivity contribution in [2.75, 3.05) is 6.07 Å². The van der Waals surface area contributed by atoms with Gasteiger partial charge in [0.15, 0.2) is 11.8 Å². The van der Waals surface area contributed by atoms with Crippen LogP contribution in [-0.4, -0.2) is 15.8 Å². The van der Waals surface area contributed by atoms with Gasteiger partial charge in [-0.2, -0.15) is 5.10 Å². The first-order valence-electron chi connectivity index (χ1n) is 3.35. The van der Waals surface area contributed by atoms with Crippen molar-refractivity contribution in [3.8, 4) is 5.75 Å². The molecule has 0 bridgehead atoms. The summed E-state index contributed by atoms with van der Waals surface area (Å²) in [5.41, 5.74) is 1.88. The van der Waals surface area contributed by atoms with Crippen LogP contribution in [0.1, 0.15) is 11.4 Å². The Labute approximate surface area is 70.9 Å². The highest BCUT2D eigenvalue weighted by Crippen LogP contribution is 2.21. The predicted molar refractivity (Wildman–Crippen MR) is 44.0 cm³/mol. The zero-order valence-corrected chi connectivity index (χ0v) is 7.64. The van der Waals surface area contributed by atoms with Crippen molar-refractivity contribution in [1.82, 2.24) is 9.78 Å². The van der Waals surface area contributed by atoms with E-state index < -0.39 is 0 Å². The van der Waals surface area contributed by atoms with Crippen molar-refractivity contribution < 1.29 is 4.74 Å². The lowest BCUT2D eigenvalue weighted by Gasteiger charge is -2.00. The summed E-state index contributed by atoms with van der Waals surface area (Å²) in [6.07, 6.45) is 0. The third-order valence-electron chi connectivity index (χ3n) is 1.64. The van der Waals surface area contributed by atoms with Crippen molar-refractivity contribution >= 4 is 11.6 Å². The van der Waals surface area contributed by atoms with E-state index in [1.807, 2.05) is 20.9 Å². The van der Waals surface area contributed by atoms with E-state index in [1.165, 1.54) is 0 Å². The van der Waals surface area contributed by atoms with Crippen LogP contribution in [0.4, 0.5) is 0 Å². The lowest BCUT2D eigenvalue weighted by atomic mass is 10.3. The summed E-state index contributed by atoms with van der Waals surface area (Å²) in [5, 5.41) is 4.16. The van der Waals surface area contributed by atoms with E-state index in [1.54, 1.807) is 4.68 Å². The number of nitrogens with zero attached hydrogens (tertiary/aromatic N) is 2. The molecule has 0 aromatic carbocycles. The molecule has 11 heavy (non-hydrogen) atoms. The van der Waals surface area contributed by atoms with E-state index in [-0.39, 0.29) is 6.07 Å². The van der Waals surface area contributed by atoms with Gasteiger partial charge in [-0.05, 0) is 13.8 Å². The van der Waals surface area contributed by atoms with Crippen molar-refractivity contribution in [1.29, 1.82) is 0 Å². The third kappa shape index (κ3) is 1.48. The topological polar surface area (TPSA) is 27.1 Å². The Morgan fingerprint density at radius 1 is 1.55 bits per heavy atom. The molecule has 1 rings (SSSR count). The number of rotatable bonds is 2. The normalized spacial score (nSPS) is 10.2. The molecule has 0 unspecified atom stereocenters. The predicted octanol–water partition coefficient (Wildman–Crippen LogP) is 1.61. The number of halogens is 1. The number of hydrogen-bond acceptors (Lipinski definition) is 2. The van der Waals surface area contributed by atoms with Gasteiger partial charge in [0.05, 0.1) is 5.69 Å². The van der Waals surface area contributed by atoms with Crippen LogP contribution in [0.3, 0.4) is 0 Å². The molecule has 0 atom stereocenters. The molecule has 0 aliphatic heterocycles. The monoisotopic (exact) mass is 174 g/mol. The van der Waals surface area contributed by atoms with Crippen LogP contribution < -0.4 is 4.74 Å². The fourth-order valence-electron chi connectivity index (χ4n) is 1.02. The summed E-state index contributed by atoms with van der Waals surface area (Å²) in [7, 11) is 1.88.